The van der Waals surface area contributed by atoms with Crippen LogP contribution in [0, 0.1) is 0 Å². The van der Waals surface area contributed by atoms with Crippen LogP contribution in [-0.2, 0) is 22.6 Å². The smallest absolute Gasteiger partial charge is 0.303 e. The number of hydrogen-bond donors (Lipinski definition) is 2. The number of nitrogens with one attached hydrogen (secondary N) is 1. The lowest BCUT2D eigenvalue weighted by molar-refractivity contribution is -0.137. The number of carboxylic acids is 1. The lowest BCUT2D eigenvalue weighted by Gasteiger charge is -2.25. The van der Waals surface area contributed by atoms with E-state index in [0.717, 1.165) is 11.3 Å². The Morgan fingerprint density at radius 1 is 1.15 bits per heavy atom. The number of aliphatic carboxylic acids is 1. The Balaban J connectivity index is 1.82. The van der Waals surface area contributed by atoms with E-state index >= 15 is 0 Å². The fourth-order valence-corrected chi connectivity index (χ4v) is 2.43. The van der Waals surface area contributed by atoms with Crippen LogP contribution in [0.25, 0.3) is 0 Å². The number of benzene rings is 1. The summed E-state index contributed by atoms with van der Waals surface area (Å²) in [7, 11) is 0. The number of hydrogen-bond acceptors (Lipinski definition) is 4. The van der Waals surface area contributed by atoms with Crippen molar-refractivity contribution in [3.05, 3.63) is 59.9 Å². The summed E-state index contributed by atoms with van der Waals surface area (Å²) < 4.78 is 5.67. The standard InChI is InChI=1S/C20H24N2O4/c1-20(2,11-10-19(24)25)22-18(23)13-15-6-8-17(9-7-15)26-14-16-5-3-4-12-21-16/h3-9,12H,10-11,13-14H2,1-2H3,(H,22,23)(H,24,25). The molecule has 1 aromatic heterocycles. The summed E-state index contributed by atoms with van der Waals surface area (Å²) in [5, 5.41) is 11.6. The van der Waals surface area contributed by atoms with E-state index in [-0.39, 0.29) is 18.7 Å². The van der Waals surface area contributed by atoms with Crippen molar-refractivity contribution in [3.8, 4) is 5.75 Å². The first-order valence-corrected chi connectivity index (χ1v) is 8.48. The normalized spacial score (nSPS) is 11.0. The number of nitrogens with zero attached hydrogens (tertiary/aromatic N) is 1. The van der Waals surface area contributed by atoms with Crippen molar-refractivity contribution in [2.75, 3.05) is 0 Å². The number of carbonyl (C=O) groups excluding carboxylic acids is 1. The molecule has 1 amide bonds. The van der Waals surface area contributed by atoms with E-state index < -0.39 is 11.5 Å². The summed E-state index contributed by atoms with van der Waals surface area (Å²) in [5.74, 6) is -0.294. The van der Waals surface area contributed by atoms with Crippen LogP contribution in [0.1, 0.15) is 37.9 Å². The van der Waals surface area contributed by atoms with Crippen LogP contribution in [-0.4, -0.2) is 27.5 Å². The maximum Gasteiger partial charge on any atom is 0.303 e. The molecule has 0 fully saturated rings. The third-order valence-corrected chi connectivity index (χ3v) is 3.84. The number of carboxylic acid groups (broad SMARTS) is 1. The highest BCUT2D eigenvalue weighted by molar-refractivity contribution is 5.79. The van der Waals surface area contributed by atoms with Gasteiger partial charge in [0.15, 0.2) is 0 Å². The fourth-order valence-electron chi connectivity index (χ4n) is 2.43. The van der Waals surface area contributed by atoms with Gasteiger partial charge in [-0.1, -0.05) is 18.2 Å². The van der Waals surface area contributed by atoms with Crippen LogP contribution in [0.15, 0.2) is 48.7 Å². The quantitative estimate of drug-likeness (QED) is 0.721. The highest BCUT2D eigenvalue weighted by Crippen LogP contribution is 2.15. The Kier molecular flexibility index (Phi) is 6.72. The molecule has 0 saturated carbocycles. The van der Waals surface area contributed by atoms with Crippen molar-refractivity contribution in [1.82, 2.24) is 10.3 Å². The third-order valence-electron chi connectivity index (χ3n) is 3.84. The molecule has 0 radical (unpaired) electrons. The summed E-state index contributed by atoms with van der Waals surface area (Å²) >= 11 is 0. The van der Waals surface area contributed by atoms with Crippen molar-refractivity contribution in [1.29, 1.82) is 0 Å². The number of amides is 1. The zero-order chi connectivity index (χ0) is 19.0. The molecule has 2 aromatic rings. The largest absolute Gasteiger partial charge is 0.487 e. The Morgan fingerprint density at radius 2 is 1.88 bits per heavy atom. The van der Waals surface area contributed by atoms with E-state index in [1.807, 2.05) is 56.3 Å². The minimum atomic E-state index is -0.867. The van der Waals surface area contributed by atoms with Crippen LogP contribution in [0.4, 0.5) is 0 Å². The van der Waals surface area contributed by atoms with Gasteiger partial charge in [0.2, 0.25) is 5.91 Å². The molecule has 0 spiro atoms. The molecule has 26 heavy (non-hydrogen) atoms. The maximum absolute atomic E-state index is 12.2. The zero-order valence-electron chi connectivity index (χ0n) is 15.1. The van der Waals surface area contributed by atoms with Gasteiger partial charge in [-0.2, -0.15) is 0 Å². The number of rotatable bonds is 9. The molecule has 0 bridgehead atoms. The molecule has 6 nitrogen and oxygen atoms in total. The second kappa shape index (κ2) is 8.99. The molecule has 0 aliphatic carbocycles. The highest BCUT2D eigenvalue weighted by atomic mass is 16.5. The molecule has 0 aliphatic rings. The zero-order valence-corrected chi connectivity index (χ0v) is 15.1. The van der Waals surface area contributed by atoms with E-state index in [1.54, 1.807) is 6.20 Å². The second-order valence-corrected chi connectivity index (χ2v) is 6.76. The van der Waals surface area contributed by atoms with Gasteiger partial charge in [0, 0.05) is 18.2 Å². The van der Waals surface area contributed by atoms with E-state index in [2.05, 4.69) is 10.3 Å². The van der Waals surface area contributed by atoms with E-state index in [0.29, 0.717) is 18.8 Å². The minimum Gasteiger partial charge on any atom is -0.487 e. The lowest BCUT2D eigenvalue weighted by Crippen LogP contribution is -2.44. The van der Waals surface area contributed by atoms with Crippen molar-refractivity contribution >= 4 is 11.9 Å². The van der Waals surface area contributed by atoms with Gasteiger partial charge in [-0.15, -0.1) is 0 Å². The van der Waals surface area contributed by atoms with Gasteiger partial charge < -0.3 is 15.2 Å². The Labute approximate surface area is 153 Å². The summed E-state index contributed by atoms with van der Waals surface area (Å²) in [4.78, 5) is 27.0. The van der Waals surface area contributed by atoms with E-state index in [4.69, 9.17) is 9.84 Å². The molecular weight excluding hydrogens is 332 g/mol. The number of aromatic nitrogens is 1. The molecule has 6 heteroatoms. The van der Waals surface area contributed by atoms with Crippen molar-refractivity contribution in [2.24, 2.45) is 0 Å². The monoisotopic (exact) mass is 356 g/mol. The molecule has 0 saturated heterocycles. The summed E-state index contributed by atoms with van der Waals surface area (Å²) in [6.07, 6.45) is 2.36. The van der Waals surface area contributed by atoms with E-state index in [9.17, 15) is 9.59 Å². The maximum atomic E-state index is 12.2. The van der Waals surface area contributed by atoms with Crippen molar-refractivity contribution in [3.63, 3.8) is 0 Å². The molecular formula is C20H24N2O4. The topological polar surface area (TPSA) is 88.5 Å². The summed E-state index contributed by atoms with van der Waals surface area (Å²) in [6, 6.07) is 13.0. The predicted octanol–water partition coefficient (Wildman–Crippen LogP) is 2.96. The minimum absolute atomic E-state index is 0.0234. The first-order chi connectivity index (χ1) is 12.3. The number of carbonyl (C=O) groups is 2. The molecule has 0 atom stereocenters. The van der Waals surface area contributed by atoms with Gasteiger partial charge in [-0.25, -0.2) is 0 Å². The Bertz CT molecular complexity index is 727. The van der Waals surface area contributed by atoms with Crippen LogP contribution in [0.3, 0.4) is 0 Å². The van der Waals surface area contributed by atoms with Crippen LogP contribution < -0.4 is 10.1 Å². The van der Waals surface area contributed by atoms with Gasteiger partial charge in [-0.05, 0) is 50.1 Å². The van der Waals surface area contributed by atoms with Gasteiger partial charge in [0.05, 0.1) is 12.1 Å². The van der Waals surface area contributed by atoms with Gasteiger partial charge in [0.25, 0.3) is 0 Å². The molecule has 1 heterocycles. The van der Waals surface area contributed by atoms with Gasteiger partial charge in [0.1, 0.15) is 12.4 Å². The highest BCUT2D eigenvalue weighted by Gasteiger charge is 2.21. The molecule has 2 rings (SSSR count). The van der Waals surface area contributed by atoms with Crippen LogP contribution in [0.5, 0.6) is 5.75 Å². The summed E-state index contributed by atoms with van der Waals surface area (Å²) in [5.41, 5.74) is 1.16. The molecule has 138 valence electrons. The molecule has 1 aromatic carbocycles. The van der Waals surface area contributed by atoms with Crippen molar-refractivity contribution in [2.45, 2.75) is 45.3 Å². The number of pyridine rings is 1. The lowest BCUT2D eigenvalue weighted by atomic mass is 9.98. The molecule has 2 N–H and O–H groups in total. The Morgan fingerprint density at radius 3 is 2.50 bits per heavy atom. The number of ether oxygens (including phenoxy) is 1. The predicted molar refractivity (Wildman–Crippen MR) is 97.8 cm³/mol. The van der Waals surface area contributed by atoms with Gasteiger partial charge in [-0.3, -0.25) is 14.6 Å². The third kappa shape index (κ3) is 6.93. The average molecular weight is 356 g/mol. The molecule has 0 aliphatic heterocycles. The van der Waals surface area contributed by atoms with Crippen LogP contribution in [0.2, 0.25) is 0 Å². The molecule has 0 unspecified atom stereocenters. The Hall–Kier alpha value is -2.89. The first-order valence-electron chi connectivity index (χ1n) is 8.48. The first kappa shape index (κ1) is 19.4. The van der Waals surface area contributed by atoms with Crippen molar-refractivity contribution < 1.29 is 19.4 Å². The SMILES string of the molecule is CC(C)(CCC(=O)O)NC(=O)Cc1ccc(OCc2ccccn2)cc1. The van der Waals surface area contributed by atoms with E-state index in [1.165, 1.54) is 0 Å². The van der Waals surface area contributed by atoms with Gasteiger partial charge >= 0.3 is 5.97 Å². The second-order valence-electron chi connectivity index (χ2n) is 6.76. The van der Waals surface area contributed by atoms with Crippen LogP contribution >= 0.6 is 0 Å². The fraction of sp³-hybridized carbons (Fsp3) is 0.350. The summed E-state index contributed by atoms with van der Waals surface area (Å²) in [6.45, 7) is 4.03. The average Bonchev–Trinajstić information content (AvgIpc) is 2.60.